The van der Waals surface area contributed by atoms with Crippen molar-refractivity contribution in [3.63, 3.8) is 0 Å². The molecule has 0 aliphatic carbocycles. The van der Waals surface area contributed by atoms with E-state index in [2.05, 4.69) is 5.32 Å². The first-order valence-electron chi connectivity index (χ1n) is 6.08. The first-order valence-corrected chi connectivity index (χ1v) is 6.08. The molecule has 1 aliphatic rings. The molecule has 20 heavy (non-hydrogen) atoms. The molecule has 1 saturated heterocycles. The molecule has 0 aromatic heterocycles. The third-order valence-corrected chi connectivity index (χ3v) is 3.21. The lowest BCUT2D eigenvalue weighted by Gasteiger charge is -2.21. The molecule has 0 radical (unpaired) electrons. The third-order valence-electron chi connectivity index (χ3n) is 3.21. The Morgan fingerprint density at radius 1 is 1.45 bits per heavy atom. The summed E-state index contributed by atoms with van der Waals surface area (Å²) in [7, 11) is 1.39. The van der Waals surface area contributed by atoms with E-state index in [9.17, 15) is 22.4 Å². The van der Waals surface area contributed by atoms with E-state index in [4.69, 9.17) is 0 Å². The summed E-state index contributed by atoms with van der Waals surface area (Å²) in [5, 5.41) is 2.44. The van der Waals surface area contributed by atoms with Crippen LogP contribution < -0.4 is 5.32 Å². The Hall–Kier alpha value is -1.63. The van der Waals surface area contributed by atoms with Gasteiger partial charge in [-0.2, -0.15) is 0 Å². The van der Waals surface area contributed by atoms with Gasteiger partial charge in [-0.25, -0.2) is 17.6 Å². The van der Waals surface area contributed by atoms with Crippen LogP contribution in [-0.2, 0) is 11.3 Å². The topological polar surface area (TPSA) is 32.3 Å². The summed E-state index contributed by atoms with van der Waals surface area (Å²) < 4.78 is 52.3. The van der Waals surface area contributed by atoms with Gasteiger partial charge in [0.25, 0.3) is 5.92 Å². The fraction of sp³-hybridized carbons (Fsp3) is 0.462. The van der Waals surface area contributed by atoms with Crippen molar-refractivity contribution in [1.29, 1.82) is 0 Å². The van der Waals surface area contributed by atoms with E-state index in [0.717, 1.165) is 17.0 Å². The number of nitrogens with zero attached hydrogens (tertiary/aromatic N) is 1. The zero-order chi connectivity index (χ0) is 14.9. The SMILES string of the molecule is CN(Cc1ccc(F)cc1F)C(=O)C1CC(F)(F)CN1. The van der Waals surface area contributed by atoms with Gasteiger partial charge in [-0.1, -0.05) is 6.07 Å². The Balaban J connectivity index is 2.01. The quantitative estimate of drug-likeness (QED) is 0.863. The lowest BCUT2D eigenvalue weighted by Crippen LogP contribution is -2.41. The molecule has 0 spiro atoms. The standard InChI is InChI=1S/C13H14F4N2O/c1-19(6-8-2-3-9(14)4-10(8)15)12(20)11-5-13(16,17)7-18-11/h2-4,11,18H,5-7H2,1H3. The summed E-state index contributed by atoms with van der Waals surface area (Å²) in [6, 6.07) is 2.05. The van der Waals surface area contributed by atoms with Crippen molar-refractivity contribution in [2.45, 2.75) is 24.9 Å². The minimum Gasteiger partial charge on any atom is -0.340 e. The van der Waals surface area contributed by atoms with E-state index in [1.165, 1.54) is 13.1 Å². The summed E-state index contributed by atoms with van der Waals surface area (Å²) in [5.41, 5.74) is 0.131. The van der Waals surface area contributed by atoms with Gasteiger partial charge in [-0.3, -0.25) is 10.1 Å². The summed E-state index contributed by atoms with van der Waals surface area (Å²) >= 11 is 0. The lowest BCUT2D eigenvalue weighted by molar-refractivity contribution is -0.132. The van der Waals surface area contributed by atoms with E-state index >= 15 is 0 Å². The van der Waals surface area contributed by atoms with Crippen molar-refractivity contribution in [2.24, 2.45) is 0 Å². The van der Waals surface area contributed by atoms with Gasteiger partial charge >= 0.3 is 0 Å². The van der Waals surface area contributed by atoms with E-state index in [1.807, 2.05) is 0 Å². The Kier molecular flexibility index (Phi) is 3.99. The number of amides is 1. The van der Waals surface area contributed by atoms with Gasteiger partial charge in [0.2, 0.25) is 5.91 Å². The number of hydrogen-bond acceptors (Lipinski definition) is 2. The molecule has 1 heterocycles. The number of rotatable bonds is 3. The average Bonchev–Trinajstić information content (AvgIpc) is 2.72. The number of carbonyl (C=O) groups is 1. The Bertz CT molecular complexity index is 521. The van der Waals surface area contributed by atoms with Crippen LogP contribution >= 0.6 is 0 Å². The first-order chi connectivity index (χ1) is 9.28. The highest BCUT2D eigenvalue weighted by Crippen LogP contribution is 2.26. The van der Waals surface area contributed by atoms with Crippen molar-refractivity contribution in [2.75, 3.05) is 13.6 Å². The second kappa shape index (κ2) is 5.40. The number of alkyl halides is 2. The molecule has 1 fully saturated rings. The Morgan fingerprint density at radius 3 is 2.70 bits per heavy atom. The maximum Gasteiger partial charge on any atom is 0.262 e. The molecule has 7 heteroatoms. The molecule has 0 bridgehead atoms. The number of hydrogen-bond donors (Lipinski definition) is 1. The van der Waals surface area contributed by atoms with Crippen molar-refractivity contribution < 1.29 is 22.4 Å². The smallest absolute Gasteiger partial charge is 0.262 e. The van der Waals surface area contributed by atoms with Crippen LogP contribution in [0.25, 0.3) is 0 Å². The third kappa shape index (κ3) is 3.27. The Morgan fingerprint density at radius 2 is 2.15 bits per heavy atom. The maximum atomic E-state index is 13.5. The molecule has 1 aromatic carbocycles. The minimum atomic E-state index is -2.90. The van der Waals surface area contributed by atoms with Crippen LogP contribution in [0.4, 0.5) is 17.6 Å². The van der Waals surface area contributed by atoms with Crippen LogP contribution in [0.3, 0.4) is 0 Å². The highest BCUT2D eigenvalue weighted by atomic mass is 19.3. The summed E-state index contributed by atoms with van der Waals surface area (Å²) in [6.45, 7) is -0.642. The van der Waals surface area contributed by atoms with Crippen LogP contribution in [0.5, 0.6) is 0 Å². The van der Waals surface area contributed by atoms with Crippen molar-refractivity contribution >= 4 is 5.91 Å². The summed E-state index contributed by atoms with van der Waals surface area (Å²) in [5.74, 6) is -4.92. The van der Waals surface area contributed by atoms with Gasteiger partial charge in [0.1, 0.15) is 11.6 Å². The second-order valence-corrected chi connectivity index (χ2v) is 4.92. The van der Waals surface area contributed by atoms with Crippen LogP contribution in [0.15, 0.2) is 18.2 Å². The van der Waals surface area contributed by atoms with Gasteiger partial charge in [0, 0.05) is 31.6 Å². The summed E-state index contributed by atoms with van der Waals surface area (Å²) in [4.78, 5) is 13.1. The minimum absolute atomic E-state index is 0.102. The Labute approximate surface area is 113 Å². The molecule has 1 aromatic rings. The lowest BCUT2D eigenvalue weighted by atomic mass is 10.1. The zero-order valence-electron chi connectivity index (χ0n) is 10.8. The van der Waals surface area contributed by atoms with Crippen LogP contribution in [-0.4, -0.2) is 36.4 Å². The second-order valence-electron chi connectivity index (χ2n) is 4.92. The van der Waals surface area contributed by atoms with Gasteiger partial charge in [-0.15, -0.1) is 0 Å². The molecule has 1 atom stereocenters. The monoisotopic (exact) mass is 290 g/mol. The predicted molar refractivity (Wildman–Crippen MR) is 64.2 cm³/mol. The average molecular weight is 290 g/mol. The highest BCUT2D eigenvalue weighted by molar-refractivity contribution is 5.82. The van der Waals surface area contributed by atoms with E-state index in [0.29, 0.717) is 0 Å². The molecule has 2 rings (SSSR count). The van der Waals surface area contributed by atoms with Crippen LogP contribution in [0.1, 0.15) is 12.0 Å². The zero-order valence-corrected chi connectivity index (χ0v) is 10.8. The van der Waals surface area contributed by atoms with E-state index in [1.54, 1.807) is 0 Å². The molecule has 1 aliphatic heterocycles. The van der Waals surface area contributed by atoms with Gasteiger partial charge in [0.05, 0.1) is 12.6 Å². The molecule has 1 N–H and O–H groups in total. The van der Waals surface area contributed by atoms with Crippen molar-refractivity contribution in [1.82, 2.24) is 10.2 Å². The molecule has 1 amide bonds. The fourth-order valence-corrected chi connectivity index (χ4v) is 2.14. The summed E-state index contributed by atoms with van der Waals surface area (Å²) in [6.07, 6.45) is -0.567. The molecular formula is C13H14F4N2O. The van der Waals surface area contributed by atoms with Crippen molar-refractivity contribution in [3.05, 3.63) is 35.4 Å². The molecule has 0 saturated carbocycles. The van der Waals surface area contributed by atoms with Crippen molar-refractivity contribution in [3.8, 4) is 0 Å². The fourth-order valence-electron chi connectivity index (χ4n) is 2.14. The van der Waals surface area contributed by atoms with Crippen LogP contribution in [0, 0.1) is 11.6 Å². The van der Waals surface area contributed by atoms with Gasteiger partial charge in [-0.05, 0) is 6.07 Å². The molecule has 110 valence electrons. The van der Waals surface area contributed by atoms with E-state index in [-0.39, 0.29) is 12.1 Å². The molecule has 1 unspecified atom stereocenters. The highest BCUT2D eigenvalue weighted by Gasteiger charge is 2.43. The molecule has 3 nitrogen and oxygen atoms in total. The van der Waals surface area contributed by atoms with Crippen LogP contribution in [0.2, 0.25) is 0 Å². The predicted octanol–water partition coefficient (Wildman–Crippen LogP) is 1.92. The first kappa shape index (κ1) is 14.8. The molecular weight excluding hydrogens is 276 g/mol. The number of likely N-dealkylation sites (N-methyl/N-ethyl adjacent to an activating group) is 1. The number of benzene rings is 1. The maximum absolute atomic E-state index is 13.5. The number of halogens is 4. The van der Waals surface area contributed by atoms with Gasteiger partial charge < -0.3 is 4.90 Å². The van der Waals surface area contributed by atoms with E-state index < -0.39 is 42.5 Å². The largest absolute Gasteiger partial charge is 0.340 e. The normalized spacial score (nSPS) is 20.9. The van der Waals surface area contributed by atoms with Gasteiger partial charge in [0.15, 0.2) is 0 Å². The number of nitrogens with one attached hydrogen (secondary N) is 1. The number of carbonyl (C=O) groups excluding carboxylic acids is 1.